The van der Waals surface area contributed by atoms with Crippen LogP contribution in [0, 0.1) is 23.7 Å². The maximum atomic E-state index is 9.71. The van der Waals surface area contributed by atoms with Gasteiger partial charge in [-0.05, 0) is 89.2 Å². The molecule has 31 heavy (non-hydrogen) atoms. The average molecular weight is 563 g/mol. The molecule has 1 N–H and O–H groups in total. The minimum atomic E-state index is -2.03. The Balaban J connectivity index is 2.54. The van der Waals surface area contributed by atoms with Crippen molar-refractivity contribution in [3.8, 4) is 0 Å². The predicted molar refractivity (Wildman–Crippen MR) is 143 cm³/mol. The predicted octanol–water partition coefficient (Wildman–Crippen LogP) is 7.50. The summed E-state index contributed by atoms with van der Waals surface area (Å²) in [4.78, 5) is 0. The standard InChI is InChI=1S/C26H47IO3Si/c1-17(2)20-13-12-18(3)22-21(16-19(4)27)29-24(23(20)22)26(8,14-11-15-28)30-31(9,10)25(5,6)7/h12,17,20-24,28H,4,11,13-16H2,1-3,5-10H3/t20-,21-,22-,23-,24-,26-/m1/s1. The summed E-state index contributed by atoms with van der Waals surface area (Å²) in [6, 6.07) is 0. The monoisotopic (exact) mass is 562 g/mol. The summed E-state index contributed by atoms with van der Waals surface area (Å²) < 4.78 is 15.4. The first-order valence-corrected chi connectivity index (χ1v) is 16.1. The molecule has 0 aromatic heterocycles. The summed E-state index contributed by atoms with van der Waals surface area (Å²) in [5.74, 6) is 2.05. The van der Waals surface area contributed by atoms with E-state index in [9.17, 15) is 5.11 Å². The van der Waals surface area contributed by atoms with E-state index >= 15 is 0 Å². The Bertz CT molecular complexity index is 666. The van der Waals surface area contributed by atoms with E-state index in [4.69, 9.17) is 9.16 Å². The molecule has 1 aliphatic heterocycles. The van der Waals surface area contributed by atoms with Crippen molar-refractivity contribution in [3.05, 3.63) is 21.8 Å². The molecule has 1 aliphatic carbocycles. The van der Waals surface area contributed by atoms with Crippen molar-refractivity contribution in [1.82, 2.24) is 0 Å². The van der Waals surface area contributed by atoms with Crippen molar-refractivity contribution in [1.29, 1.82) is 0 Å². The van der Waals surface area contributed by atoms with Gasteiger partial charge in [0, 0.05) is 24.9 Å². The Labute approximate surface area is 206 Å². The largest absolute Gasteiger partial charge is 0.409 e. The Morgan fingerprint density at radius 1 is 1.32 bits per heavy atom. The Morgan fingerprint density at radius 2 is 1.94 bits per heavy atom. The van der Waals surface area contributed by atoms with Gasteiger partial charge in [0.2, 0.25) is 0 Å². The highest BCUT2D eigenvalue weighted by atomic mass is 127. The van der Waals surface area contributed by atoms with E-state index in [1.165, 1.54) is 5.57 Å². The number of ether oxygens (including phenoxy) is 1. The van der Waals surface area contributed by atoms with Crippen LogP contribution >= 0.6 is 22.6 Å². The van der Waals surface area contributed by atoms with Gasteiger partial charge >= 0.3 is 0 Å². The highest BCUT2D eigenvalue weighted by Gasteiger charge is 2.58. The molecule has 0 spiro atoms. The maximum absolute atomic E-state index is 9.71. The number of hydrogen-bond acceptors (Lipinski definition) is 3. The van der Waals surface area contributed by atoms with Crippen LogP contribution in [0.5, 0.6) is 0 Å². The minimum absolute atomic E-state index is 0.0370. The zero-order valence-corrected chi connectivity index (χ0v) is 24.6. The SMILES string of the molecule is C=C(I)C[C@H]1O[C@@H]([C@@](C)(CCCO)O[Si](C)(C)C(C)(C)C)[C@H]2[C@@H]1C(C)=CC[C@@H]2C(C)C. The fourth-order valence-corrected chi connectivity index (χ4v) is 7.71. The van der Waals surface area contributed by atoms with Gasteiger partial charge in [-0.2, -0.15) is 0 Å². The highest BCUT2D eigenvalue weighted by molar-refractivity contribution is 14.1. The molecule has 2 rings (SSSR count). The number of hydrogen-bond donors (Lipinski definition) is 1. The lowest BCUT2D eigenvalue weighted by atomic mass is 9.63. The van der Waals surface area contributed by atoms with Crippen LogP contribution in [-0.4, -0.2) is 37.8 Å². The molecule has 1 fully saturated rings. The second kappa shape index (κ2) is 10.3. The first-order valence-electron chi connectivity index (χ1n) is 12.1. The molecule has 0 unspecified atom stereocenters. The quantitative estimate of drug-likeness (QED) is 0.180. The molecule has 5 heteroatoms. The number of allylic oxidation sites excluding steroid dienone is 1. The maximum Gasteiger partial charge on any atom is 0.192 e. The van der Waals surface area contributed by atoms with Crippen molar-refractivity contribution < 1.29 is 14.3 Å². The molecule has 0 bridgehead atoms. The Hall–Kier alpha value is 0.307. The summed E-state index contributed by atoms with van der Waals surface area (Å²) in [6.07, 6.45) is 6.25. The summed E-state index contributed by atoms with van der Waals surface area (Å²) in [5, 5.41) is 9.84. The Kier molecular flexibility index (Phi) is 9.14. The van der Waals surface area contributed by atoms with E-state index in [0.717, 1.165) is 29.3 Å². The second-order valence-electron chi connectivity index (χ2n) is 12.0. The van der Waals surface area contributed by atoms with Crippen LogP contribution in [0.2, 0.25) is 18.1 Å². The molecule has 180 valence electrons. The number of halogens is 1. The molecule has 1 saturated heterocycles. The molecule has 0 aromatic rings. The van der Waals surface area contributed by atoms with Crippen LogP contribution in [0.25, 0.3) is 0 Å². The van der Waals surface area contributed by atoms with E-state index in [-0.39, 0.29) is 23.9 Å². The van der Waals surface area contributed by atoms with Gasteiger partial charge in [0.1, 0.15) is 0 Å². The highest BCUT2D eigenvalue weighted by Crippen LogP contribution is 2.54. The van der Waals surface area contributed by atoms with Crippen molar-refractivity contribution in [2.45, 2.75) is 110 Å². The third kappa shape index (κ3) is 6.06. The fraction of sp³-hybridized carbons (Fsp3) is 0.846. The molecular formula is C26H47IO3Si. The third-order valence-corrected chi connectivity index (χ3v) is 13.3. The zero-order valence-electron chi connectivity index (χ0n) is 21.4. The van der Waals surface area contributed by atoms with Crippen LogP contribution in [0.15, 0.2) is 21.8 Å². The lowest BCUT2D eigenvalue weighted by Gasteiger charge is -2.49. The van der Waals surface area contributed by atoms with Crippen molar-refractivity contribution in [2.75, 3.05) is 6.61 Å². The van der Waals surface area contributed by atoms with Crippen LogP contribution in [0.3, 0.4) is 0 Å². The van der Waals surface area contributed by atoms with Crippen LogP contribution in [0.1, 0.15) is 74.1 Å². The molecule has 1 heterocycles. The molecule has 2 aliphatic rings. The van der Waals surface area contributed by atoms with Gasteiger partial charge in [-0.1, -0.05) is 52.8 Å². The van der Waals surface area contributed by atoms with E-state index < -0.39 is 13.9 Å². The number of fused-ring (bicyclic) bond motifs is 1. The number of rotatable bonds is 9. The van der Waals surface area contributed by atoms with E-state index in [1.807, 2.05) is 0 Å². The lowest BCUT2D eigenvalue weighted by Crippen LogP contribution is -2.56. The summed E-state index contributed by atoms with van der Waals surface area (Å²) >= 11 is 2.35. The average Bonchev–Trinajstić information content (AvgIpc) is 2.99. The Morgan fingerprint density at radius 3 is 2.42 bits per heavy atom. The zero-order chi connectivity index (χ0) is 23.8. The van der Waals surface area contributed by atoms with Crippen LogP contribution in [-0.2, 0) is 9.16 Å². The second-order valence-corrected chi connectivity index (χ2v) is 18.3. The summed E-state index contributed by atoms with van der Waals surface area (Å²) in [6.45, 7) is 25.3. The first-order chi connectivity index (χ1) is 14.1. The van der Waals surface area contributed by atoms with Gasteiger partial charge in [0.25, 0.3) is 0 Å². The first kappa shape index (κ1) is 27.6. The summed E-state index contributed by atoms with van der Waals surface area (Å²) in [7, 11) is -2.03. The van der Waals surface area contributed by atoms with Gasteiger partial charge in [0.15, 0.2) is 8.32 Å². The normalized spacial score (nSPS) is 31.4. The lowest BCUT2D eigenvalue weighted by molar-refractivity contribution is -0.110. The molecule has 6 atom stereocenters. The van der Waals surface area contributed by atoms with E-state index in [0.29, 0.717) is 23.7 Å². The molecule has 0 amide bonds. The van der Waals surface area contributed by atoms with E-state index in [1.54, 1.807) is 0 Å². The molecular weight excluding hydrogens is 515 g/mol. The smallest absolute Gasteiger partial charge is 0.192 e. The van der Waals surface area contributed by atoms with E-state index in [2.05, 4.69) is 96.8 Å². The van der Waals surface area contributed by atoms with Gasteiger partial charge in [-0.3, -0.25) is 0 Å². The number of aliphatic hydroxyl groups is 1. The van der Waals surface area contributed by atoms with Gasteiger partial charge in [-0.25, -0.2) is 0 Å². The van der Waals surface area contributed by atoms with Crippen LogP contribution in [0.4, 0.5) is 0 Å². The molecule has 3 nitrogen and oxygen atoms in total. The van der Waals surface area contributed by atoms with Gasteiger partial charge in [-0.15, -0.1) is 0 Å². The molecule has 0 saturated carbocycles. The summed E-state index contributed by atoms with van der Waals surface area (Å²) in [5.41, 5.74) is 1.07. The molecule has 0 aromatic carbocycles. The van der Waals surface area contributed by atoms with Crippen molar-refractivity contribution in [2.24, 2.45) is 23.7 Å². The topological polar surface area (TPSA) is 38.7 Å². The number of aliphatic hydroxyl groups excluding tert-OH is 1. The van der Waals surface area contributed by atoms with Gasteiger partial charge in [0.05, 0.1) is 17.8 Å². The minimum Gasteiger partial charge on any atom is -0.409 e. The third-order valence-electron chi connectivity index (χ3n) is 8.22. The van der Waals surface area contributed by atoms with Gasteiger partial charge < -0.3 is 14.3 Å². The van der Waals surface area contributed by atoms with Crippen LogP contribution < -0.4 is 0 Å². The van der Waals surface area contributed by atoms with Crippen molar-refractivity contribution >= 4 is 30.9 Å². The molecule has 0 radical (unpaired) electrons. The fourth-order valence-electron chi connectivity index (χ4n) is 5.58. The van der Waals surface area contributed by atoms with Crippen molar-refractivity contribution in [3.63, 3.8) is 0 Å².